The van der Waals surface area contributed by atoms with Crippen molar-refractivity contribution in [2.24, 2.45) is 7.05 Å². The van der Waals surface area contributed by atoms with Crippen LogP contribution in [0.2, 0.25) is 0 Å². The van der Waals surface area contributed by atoms with E-state index in [4.69, 9.17) is 0 Å². The first kappa shape index (κ1) is 11.9. The third-order valence-corrected chi connectivity index (χ3v) is 2.89. The minimum absolute atomic E-state index is 0.162. The van der Waals surface area contributed by atoms with Crippen LogP contribution in [-0.2, 0) is 7.05 Å². The molecule has 1 aromatic carbocycles. The summed E-state index contributed by atoms with van der Waals surface area (Å²) < 4.78 is 1.97. The molecular formula is C14H19N3. The van der Waals surface area contributed by atoms with Gasteiger partial charge in [-0.15, -0.1) is 0 Å². The molecule has 0 saturated carbocycles. The number of hydrogen-bond acceptors (Lipinski definition) is 2. The molecule has 1 N–H and O–H groups in total. The standard InChI is InChI=1S/C14H19N3/c1-10-5-11(2)7-12(6-10)14(15-3)13-8-17(4)9-16-13/h5-9,14-15H,1-4H3. The molecule has 1 atom stereocenters. The fraction of sp³-hybridized carbons (Fsp3) is 0.357. The van der Waals surface area contributed by atoms with Gasteiger partial charge in [0.05, 0.1) is 18.1 Å². The molecule has 0 bridgehead atoms. The normalized spacial score (nSPS) is 12.7. The highest BCUT2D eigenvalue weighted by atomic mass is 15.0. The average molecular weight is 229 g/mol. The van der Waals surface area contributed by atoms with Crippen molar-refractivity contribution in [3.8, 4) is 0 Å². The van der Waals surface area contributed by atoms with Gasteiger partial charge in [-0.1, -0.05) is 29.3 Å². The molecule has 0 aliphatic rings. The molecule has 1 aromatic heterocycles. The number of nitrogens with one attached hydrogen (secondary N) is 1. The van der Waals surface area contributed by atoms with Gasteiger partial charge >= 0.3 is 0 Å². The molecule has 17 heavy (non-hydrogen) atoms. The first-order valence-electron chi connectivity index (χ1n) is 5.83. The smallest absolute Gasteiger partial charge is 0.0947 e. The van der Waals surface area contributed by atoms with Crippen molar-refractivity contribution in [1.29, 1.82) is 0 Å². The Kier molecular flexibility index (Phi) is 3.29. The van der Waals surface area contributed by atoms with Crippen LogP contribution in [0.3, 0.4) is 0 Å². The van der Waals surface area contributed by atoms with E-state index >= 15 is 0 Å². The van der Waals surface area contributed by atoms with Crippen molar-refractivity contribution < 1.29 is 0 Å². The molecule has 0 radical (unpaired) electrons. The molecule has 0 aliphatic heterocycles. The van der Waals surface area contributed by atoms with Crippen molar-refractivity contribution in [1.82, 2.24) is 14.9 Å². The summed E-state index contributed by atoms with van der Waals surface area (Å²) in [6.45, 7) is 4.25. The van der Waals surface area contributed by atoms with Gasteiger partial charge in [0.2, 0.25) is 0 Å². The fourth-order valence-electron chi connectivity index (χ4n) is 2.24. The number of aromatic nitrogens is 2. The van der Waals surface area contributed by atoms with Crippen LogP contribution >= 0.6 is 0 Å². The van der Waals surface area contributed by atoms with Crippen molar-refractivity contribution in [3.63, 3.8) is 0 Å². The average Bonchev–Trinajstić information content (AvgIpc) is 2.64. The highest BCUT2D eigenvalue weighted by Gasteiger charge is 2.14. The van der Waals surface area contributed by atoms with Crippen LogP contribution in [0, 0.1) is 13.8 Å². The summed E-state index contributed by atoms with van der Waals surface area (Å²) in [5, 5.41) is 3.33. The lowest BCUT2D eigenvalue weighted by Crippen LogP contribution is -2.18. The number of imidazole rings is 1. The van der Waals surface area contributed by atoms with Crippen LogP contribution in [-0.4, -0.2) is 16.6 Å². The lowest BCUT2D eigenvalue weighted by molar-refractivity contribution is 0.673. The molecular weight excluding hydrogens is 210 g/mol. The fourth-order valence-corrected chi connectivity index (χ4v) is 2.24. The van der Waals surface area contributed by atoms with Gasteiger partial charge in [0.1, 0.15) is 0 Å². The molecule has 0 fully saturated rings. The predicted molar refractivity (Wildman–Crippen MR) is 70.0 cm³/mol. The van der Waals surface area contributed by atoms with E-state index in [1.54, 1.807) is 0 Å². The Morgan fingerprint density at radius 2 is 1.82 bits per heavy atom. The Morgan fingerprint density at radius 3 is 2.29 bits per heavy atom. The van der Waals surface area contributed by atoms with Crippen molar-refractivity contribution in [2.75, 3.05) is 7.05 Å². The summed E-state index contributed by atoms with van der Waals surface area (Å²) in [4.78, 5) is 4.42. The second-order valence-corrected chi connectivity index (χ2v) is 4.61. The Bertz CT molecular complexity index is 494. The van der Waals surface area contributed by atoms with E-state index in [-0.39, 0.29) is 6.04 Å². The first-order valence-corrected chi connectivity index (χ1v) is 5.83. The van der Waals surface area contributed by atoms with Gasteiger partial charge in [-0.25, -0.2) is 4.98 Å². The second-order valence-electron chi connectivity index (χ2n) is 4.61. The number of aryl methyl sites for hydroxylation is 3. The van der Waals surface area contributed by atoms with Gasteiger partial charge < -0.3 is 9.88 Å². The number of hydrogen-bond donors (Lipinski definition) is 1. The van der Waals surface area contributed by atoms with Gasteiger partial charge in [-0.2, -0.15) is 0 Å². The number of benzene rings is 1. The molecule has 3 nitrogen and oxygen atoms in total. The maximum atomic E-state index is 4.42. The highest BCUT2D eigenvalue weighted by Crippen LogP contribution is 2.22. The van der Waals surface area contributed by atoms with Crippen molar-refractivity contribution in [3.05, 3.63) is 53.1 Å². The molecule has 2 rings (SSSR count). The first-order chi connectivity index (χ1) is 8.10. The summed E-state index contributed by atoms with van der Waals surface area (Å²) >= 11 is 0. The van der Waals surface area contributed by atoms with E-state index in [1.807, 2.05) is 25.0 Å². The van der Waals surface area contributed by atoms with E-state index in [9.17, 15) is 0 Å². The van der Waals surface area contributed by atoms with Gasteiger partial charge in [-0.3, -0.25) is 0 Å². The van der Waals surface area contributed by atoms with E-state index in [0.717, 1.165) is 5.69 Å². The van der Waals surface area contributed by atoms with Gasteiger partial charge in [0.25, 0.3) is 0 Å². The third-order valence-electron chi connectivity index (χ3n) is 2.89. The maximum absolute atomic E-state index is 4.42. The van der Waals surface area contributed by atoms with Gasteiger partial charge in [0.15, 0.2) is 0 Å². The Morgan fingerprint density at radius 1 is 1.18 bits per heavy atom. The SMILES string of the molecule is CNC(c1cc(C)cc(C)c1)c1cn(C)cn1. The van der Waals surface area contributed by atoms with Crippen LogP contribution in [0.25, 0.3) is 0 Å². The number of nitrogens with zero attached hydrogens (tertiary/aromatic N) is 2. The molecule has 3 heteroatoms. The summed E-state index contributed by atoms with van der Waals surface area (Å²) in [5.41, 5.74) is 4.90. The molecule has 90 valence electrons. The molecule has 0 saturated heterocycles. The van der Waals surface area contributed by atoms with E-state index in [2.05, 4.69) is 48.5 Å². The van der Waals surface area contributed by atoms with Crippen molar-refractivity contribution in [2.45, 2.75) is 19.9 Å². The van der Waals surface area contributed by atoms with Crippen LogP contribution in [0.1, 0.15) is 28.4 Å². The second kappa shape index (κ2) is 4.72. The molecule has 0 aliphatic carbocycles. The predicted octanol–water partition coefficient (Wildman–Crippen LogP) is 2.35. The Labute approximate surface area is 103 Å². The molecule has 0 spiro atoms. The summed E-state index contributed by atoms with van der Waals surface area (Å²) in [6.07, 6.45) is 3.89. The zero-order valence-electron chi connectivity index (χ0n) is 10.9. The Balaban J connectivity index is 2.41. The van der Waals surface area contributed by atoms with E-state index in [1.165, 1.54) is 16.7 Å². The van der Waals surface area contributed by atoms with Crippen LogP contribution in [0.15, 0.2) is 30.7 Å². The minimum Gasteiger partial charge on any atom is -0.340 e. The van der Waals surface area contributed by atoms with Crippen LogP contribution in [0.5, 0.6) is 0 Å². The molecule has 0 amide bonds. The monoisotopic (exact) mass is 229 g/mol. The molecule has 1 unspecified atom stereocenters. The largest absolute Gasteiger partial charge is 0.340 e. The zero-order chi connectivity index (χ0) is 12.4. The van der Waals surface area contributed by atoms with E-state index < -0.39 is 0 Å². The highest BCUT2D eigenvalue weighted by molar-refractivity contribution is 5.34. The minimum atomic E-state index is 0.162. The molecule has 2 aromatic rings. The van der Waals surface area contributed by atoms with Crippen LogP contribution < -0.4 is 5.32 Å². The Hall–Kier alpha value is -1.61. The van der Waals surface area contributed by atoms with Crippen LogP contribution in [0.4, 0.5) is 0 Å². The third kappa shape index (κ3) is 2.56. The summed E-state index contributed by atoms with van der Waals surface area (Å²) in [5.74, 6) is 0. The maximum Gasteiger partial charge on any atom is 0.0947 e. The summed E-state index contributed by atoms with van der Waals surface area (Å²) in [6, 6.07) is 6.77. The van der Waals surface area contributed by atoms with Gasteiger partial charge in [-0.05, 0) is 26.5 Å². The lowest BCUT2D eigenvalue weighted by Gasteiger charge is -2.15. The van der Waals surface area contributed by atoms with E-state index in [0.29, 0.717) is 0 Å². The van der Waals surface area contributed by atoms with Crippen molar-refractivity contribution >= 4 is 0 Å². The van der Waals surface area contributed by atoms with Gasteiger partial charge in [0, 0.05) is 13.2 Å². The quantitative estimate of drug-likeness (QED) is 0.875. The number of rotatable bonds is 3. The zero-order valence-corrected chi connectivity index (χ0v) is 10.9. The summed E-state index contributed by atoms with van der Waals surface area (Å²) in [7, 11) is 3.96. The lowest BCUT2D eigenvalue weighted by atomic mass is 10.00. The topological polar surface area (TPSA) is 29.9 Å². The molecule has 1 heterocycles.